The van der Waals surface area contributed by atoms with Crippen LogP contribution in [0.2, 0.25) is 0 Å². The van der Waals surface area contributed by atoms with Crippen LogP contribution in [0.25, 0.3) is 0 Å². The monoisotopic (exact) mass is 233 g/mol. The fourth-order valence-corrected chi connectivity index (χ4v) is 1.66. The summed E-state index contributed by atoms with van der Waals surface area (Å²) in [5.41, 5.74) is 2.03. The molecule has 3 N–H and O–H groups in total. The van der Waals surface area contributed by atoms with Crippen molar-refractivity contribution in [3.05, 3.63) is 23.8 Å². The Labute approximate surface area is 99.6 Å². The van der Waals surface area contributed by atoms with Gasteiger partial charge < -0.3 is 16.0 Å². The second-order valence-corrected chi connectivity index (χ2v) is 4.29. The molecule has 0 atom stereocenters. The molecule has 0 bridgehead atoms. The quantitative estimate of drug-likeness (QED) is 0.718. The lowest BCUT2D eigenvalue weighted by molar-refractivity contribution is -0.114. The molecule has 0 radical (unpaired) electrons. The van der Waals surface area contributed by atoms with Crippen LogP contribution in [0.1, 0.15) is 24.2 Å². The second kappa shape index (κ2) is 4.45. The molecular formula is C12H15N3O2. The van der Waals surface area contributed by atoms with Crippen molar-refractivity contribution >= 4 is 23.2 Å². The number of benzene rings is 1. The maximum absolute atomic E-state index is 11.8. The van der Waals surface area contributed by atoms with E-state index in [1.54, 1.807) is 18.2 Å². The molecule has 0 aromatic heterocycles. The minimum absolute atomic E-state index is 0.0891. The van der Waals surface area contributed by atoms with Crippen molar-refractivity contribution in [1.82, 2.24) is 5.32 Å². The zero-order valence-corrected chi connectivity index (χ0v) is 9.83. The molecule has 1 aromatic carbocycles. The molecule has 0 unspecified atom stereocenters. The van der Waals surface area contributed by atoms with Crippen LogP contribution in [-0.4, -0.2) is 24.4 Å². The average Bonchev–Trinajstić information content (AvgIpc) is 2.27. The fourth-order valence-electron chi connectivity index (χ4n) is 1.66. The molecule has 5 heteroatoms. The lowest BCUT2D eigenvalue weighted by Crippen LogP contribution is -2.31. The lowest BCUT2D eigenvalue weighted by Gasteiger charge is -2.19. The summed E-state index contributed by atoms with van der Waals surface area (Å²) in [6.45, 7) is 4.07. The molecule has 17 heavy (non-hydrogen) atoms. The van der Waals surface area contributed by atoms with Gasteiger partial charge in [-0.05, 0) is 32.0 Å². The number of carbonyl (C=O) groups excluding carboxylic acids is 2. The van der Waals surface area contributed by atoms with Crippen LogP contribution < -0.4 is 16.0 Å². The minimum Gasteiger partial charge on any atom is -0.374 e. The number of hydrogen-bond donors (Lipinski definition) is 3. The van der Waals surface area contributed by atoms with Gasteiger partial charge in [0, 0.05) is 11.6 Å². The van der Waals surface area contributed by atoms with Crippen LogP contribution in [0.4, 0.5) is 11.4 Å². The van der Waals surface area contributed by atoms with Gasteiger partial charge in [-0.2, -0.15) is 0 Å². The molecule has 0 spiro atoms. The Balaban J connectivity index is 2.23. The SMILES string of the molecule is CC(C)NC(=O)c1ccc2c(c1)NC(=O)CN2. The highest BCUT2D eigenvalue weighted by molar-refractivity contribution is 6.03. The van der Waals surface area contributed by atoms with Crippen LogP contribution in [0, 0.1) is 0 Å². The first-order chi connectivity index (χ1) is 8.06. The van der Waals surface area contributed by atoms with Crippen molar-refractivity contribution in [2.24, 2.45) is 0 Å². The van der Waals surface area contributed by atoms with Crippen LogP contribution in [0.5, 0.6) is 0 Å². The molecule has 0 fully saturated rings. The van der Waals surface area contributed by atoms with E-state index < -0.39 is 0 Å². The van der Waals surface area contributed by atoms with Gasteiger partial charge in [-0.3, -0.25) is 9.59 Å². The summed E-state index contributed by atoms with van der Waals surface area (Å²) in [6, 6.07) is 5.30. The Morgan fingerprint density at radius 1 is 1.35 bits per heavy atom. The summed E-state index contributed by atoms with van der Waals surface area (Å²) < 4.78 is 0. The molecule has 1 heterocycles. The number of hydrogen-bond acceptors (Lipinski definition) is 3. The summed E-state index contributed by atoms with van der Waals surface area (Å²) in [5, 5.41) is 8.51. The van der Waals surface area contributed by atoms with Crippen LogP contribution in [0.15, 0.2) is 18.2 Å². The summed E-state index contributed by atoms with van der Waals surface area (Å²) in [6.07, 6.45) is 0. The number of nitrogens with one attached hydrogen (secondary N) is 3. The number of carbonyl (C=O) groups is 2. The molecule has 90 valence electrons. The standard InChI is InChI=1S/C12H15N3O2/c1-7(2)14-12(17)8-3-4-9-10(5-8)15-11(16)6-13-9/h3-5,7,13H,6H2,1-2H3,(H,14,17)(H,15,16). The summed E-state index contributed by atoms with van der Waals surface area (Å²) >= 11 is 0. The van der Waals surface area contributed by atoms with Crippen molar-refractivity contribution in [1.29, 1.82) is 0 Å². The third-order valence-electron chi connectivity index (χ3n) is 2.42. The molecule has 0 saturated carbocycles. The summed E-state index contributed by atoms with van der Waals surface area (Å²) in [4.78, 5) is 23.0. The Bertz CT molecular complexity index is 469. The van der Waals surface area contributed by atoms with E-state index in [-0.39, 0.29) is 24.4 Å². The van der Waals surface area contributed by atoms with Crippen molar-refractivity contribution in [3.8, 4) is 0 Å². The topological polar surface area (TPSA) is 70.2 Å². The lowest BCUT2D eigenvalue weighted by atomic mass is 10.1. The van der Waals surface area contributed by atoms with Gasteiger partial charge >= 0.3 is 0 Å². The average molecular weight is 233 g/mol. The Kier molecular flexibility index (Phi) is 2.99. The van der Waals surface area contributed by atoms with Gasteiger partial charge in [0.1, 0.15) is 0 Å². The van der Waals surface area contributed by atoms with E-state index in [4.69, 9.17) is 0 Å². The molecule has 5 nitrogen and oxygen atoms in total. The first kappa shape index (κ1) is 11.4. The maximum Gasteiger partial charge on any atom is 0.251 e. The zero-order valence-electron chi connectivity index (χ0n) is 9.83. The van der Waals surface area contributed by atoms with E-state index in [0.717, 1.165) is 5.69 Å². The highest BCUT2D eigenvalue weighted by atomic mass is 16.2. The maximum atomic E-state index is 11.8. The smallest absolute Gasteiger partial charge is 0.251 e. The second-order valence-electron chi connectivity index (χ2n) is 4.29. The Hall–Kier alpha value is -2.04. The van der Waals surface area contributed by atoms with Gasteiger partial charge in [0.2, 0.25) is 5.91 Å². The Morgan fingerprint density at radius 2 is 2.12 bits per heavy atom. The van der Waals surface area contributed by atoms with E-state index in [9.17, 15) is 9.59 Å². The molecule has 0 saturated heterocycles. The van der Waals surface area contributed by atoms with Crippen molar-refractivity contribution in [3.63, 3.8) is 0 Å². The van der Waals surface area contributed by atoms with Gasteiger partial charge in [0.15, 0.2) is 0 Å². The van der Waals surface area contributed by atoms with E-state index in [2.05, 4.69) is 16.0 Å². The van der Waals surface area contributed by atoms with Crippen LogP contribution in [-0.2, 0) is 4.79 Å². The van der Waals surface area contributed by atoms with E-state index in [1.165, 1.54) is 0 Å². The van der Waals surface area contributed by atoms with Crippen molar-refractivity contribution in [2.45, 2.75) is 19.9 Å². The highest BCUT2D eigenvalue weighted by Gasteiger charge is 2.16. The van der Waals surface area contributed by atoms with Gasteiger partial charge in [0.25, 0.3) is 5.91 Å². The van der Waals surface area contributed by atoms with Crippen LogP contribution in [0.3, 0.4) is 0 Å². The number of rotatable bonds is 2. The third-order valence-corrected chi connectivity index (χ3v) is 2.42. The molecular weight excluding hydrogens is 218 g/mol. The molecule has 2 amide bonds. The first-order valence-electron chi connectivity index (χ1n) is 5.55. The Morgan fingerprint density at radius 3 is 2.82 bits per heavy atom. The number of amides is 2. The zero-order chi connectivity index (χ0) is 12.4. The summed E-state index contributed by atoms with van der Waals surface area (Å²) in [7, 11) is 0. The minimum atomic E-state index is -0.136. The van der Waals surface area contributed by atoms with Crippen molar-refractivity contribution < 1.29 is 9.59 Å². The normalized spacial score (nSPS) is 13.7. The molecule has 2 rings (SSSR count). The van der Waals surface area contributed by atoms with Gasteiger partial charge in [-0.25, -0.2) is 0 Å². The van der Waals surface area contributed by atoms with E-state index >= 15 is 0 Å². The third kappa shape index (κ3) is 2.55. The van der Waals surface area contributed by atoms with Gasteiger partial charge in [-0.15, -0.1) is 0 Å². The number of anilines is 2. The van der Waals surface area contributed by atoms with Gasteiger partial charge in [0.05, 0.1) is 17.9 Å². The molecule has 0 aliphatic carbocycles. The molecule has 1 aromatic rings. The fraction of sp³-hybridized carbons (Fsp3) is 0.333. The number of fused-ring (bicyclic) bond motifs is 1. The molecule has 1 aliphatic rings. The molecule has 1 aliphatic heterocycles. The highest BCUT2D eigenvalue weighted by Crippen LogP contribution is 2.25. The van der Waals surface area contributed by atoms with E-state index in [1.807, 2.05) is 13.8 Å². The summed E-state index contributed by atoms with van der Waals surface area (Å²) in [5.74, 6) is -0.235. The predicted molar refractivity (Wildman–Crippen MR) is 66.2 cm³/mol. The van der Waals surface area contributed by atoms with Crippen molar-refractivity contribution in [2.75, 3.05) is 17.2 Å². The predicted octanol–water partition coefficient (Wildman–Crippen LogP) is 1.19. The first-order valence-corrected chi connectivity index (χ1v) is 5.55. The van der Waals surface area contributed by atoms with Crippen LogP contribution >= 0.6 is 0 Å². The largest absolute Gasteiger partial charge is 0.374 e. The van der Waals surface area contributed by atoms with Gasteiger partial charge in [-0.1, -0.05) is 0 Å². The van der Waals surface area contributed by atoms with E-state index in [0.29, 0.717) is 11.3 Å².